The van der Waals surface area contributed by atoms with E-state index >= 15 is 0 Å². The Morgan fingerprint density at radius 1 is 0.244 bits per heavy atom. The predicted octanol–water partition coefficient (Wildman–Crippen LogP) is 25.1. The van der Waals surface area contributed by atoms with Gasteiger partial charge in [-0.3, -0.25) is 14.4 Å². The number of carbonyl (C=O) groups excluding carboxylic acids is 3. The zero-order chi connectivity index (χ0) is 59.2. The lowest BCUT2D eigenvalue weighted by molar-refractivity contribution is -0.167. The smallest absolute Gasteiger partial charge is 0.306 e. The van der Waals surface area contributed by atoms with Crippen LogP contribution in [0.5, 0.6) is 0 Å². The summed E-state index contributed by atoms with van der Waals surface area (Å²) in [5, 5.41) is 0. The van der Waals surface area contributed by atoms with Crippen LogP contribution in [-0.2, 0) is 28.6 Å². The highest BCUT2D eigenvalue weighted by atomic mass is 16.6. The Hall–Kier alpha value is -2.89. The molecule has 0 saturated heterocycles. The molecule has 6 heteroatoms. The lowest BCUT2D eigenvalue weighted by Gasteiger charge is -2.18. The van der Waals surface area contributed by atoms with Crippen LogP contribution >= 0.6 is 0 Å². The van der Waals surface area contributed by atoms with Gasteiger partial charge in [0, 0.05) is 19.3 Å². The third kappa shape index (κ3) is 67.9. The number of allylic oxidation sites excluding steroid dienone is 10. The van der Waals surface area contributed by atoms with Gasteiger partial charge < -0.3 is 14.2 Å². The van der Waals surface area contributed by atoms with Crippen LogP contribution in [-0.4, -0.2) is 37.2 Å². The molecule has 0 saturated carbocycles. The summed E-state index contributed by atoms with van der Waals surface area (Å²) in [7, 11) is 0. The minimum absolute atomic E-state index is 0.0750. The van der Waals surface area contributed by atoms with E-state index in [1.807, 2.05) is 0 Å². The van der Waals surface area contributed by atoms with Gasteiger partial charge in [0.15, 0.2) is 6.10 Å². The Morgan fingerprint density at radius 3 is 0.707 bits per heavy atom. The van der Waals surface area contributed by atoms with Crippen LogP contribution in [0.4, 0.5) is 0 Å². The fourth-order valence-electron chi connectivity index (χ4n) is 10.7. The molecule has 0 heterocycles. The molecular formula is C76H138O6. The second-order valence-corrected chi connectivity index (χ2v) is 24.5. The second kappa shape index (κ2) is 70.6. The maximum atomic E-state index is 13.0. The van der Waals surface area contributed by atoms with Crippen LogP contribution in [0.15, 0.2) is 60.8 Å². The number of esters is 3. The van der Waals surface area contributed by atoms with Gasteiger partial charge >= 0.3 is 17.9 Å². The Balaban J connectivity index is 4.26. The molecule has 0 aromatic heterocycles. The van der Waals surface area contributed by atoms with Crippen LogP contribution < -0.4 is 0 Å². The zero-order valence-electron chi connectivity index (χ0n) is 55.0. The Labute approximate surface area is 510 Å². The van der Waals surface area contributed by atoms with E-state index in [0.29, 0.717) is 19.3 Å². The summed E-state index contributed by atoms with van der Waals surface area (Å²) in [6, 6.07) is 0. The van der Waals surface area contributed by atoms with Crippen LogP contribution in [0.3, 0.4) is 0 Å². The van der Waals surface area contributed by atoms with Crippen molar-refractivity contribution in [1.29, 1.82) is 0 Å². The average molecular weight is 1150 g/mol. The fraction of sp³-hybridized carbons (Fsp3) is 0.829. The van der Waals surface area contributed by atoms with Crippen molar-refractivity contribution in [1.82, 2.24) is 0 Å². The molecule has 0 radical (unpaired) electrons. The predicted molar refractivity (Wildman–Crippen MR) is 358 cm³/mol. The largest absolute Gasteiger partial charge is 0.462 e. The molecule has 0 aliphatic rings. The number of rotatable bonds is 67. The highest BCUT2D eigenvalue weighted by Gasteiger charge is 2.19. The summed E-state index contributed by atoms with van der Waals surface area (Å²) < 4.78 is 17.0. The normalized spacial score (nSPS) is 12.4. The maximum absolute atomic E-state index is 13.0. The first-order chi connectivity index (χ1) is 40.5. The van der Waals surface area contributed by atoms with Crippen molar-refractivity contribution in [2.24, 2.45) is 0 Å². The summed E-state index contributed by atoms with van der Waals surface area (Å²) in [4.78, 5) is 38.5. The van der Waals surface area contributed by atoms with Crippen molar-refractivity contribution in [2.45, 2.75) is 393 Å². The molecule has 0 rings (SSSR count). The highest BCUT2D eigenvalue weighted by molar-refractivity contribution is 5.71. The summed E-state index contributed by atoms with van der Waals surface area (Å²) in [6.45, 7) is 6.65. The monoisotopic (exact) mass is 1150 g/mol. The minimum atomic E-state index is -0.780. The molecule has 1 unspecified atom stereocenters. The Kier molecular flexibility index (Phi) is 68.1. The third-order valence-corrected chi connectivity index (χ3v) is 16.2. The molecular weight excluding hydrogens is 1010 g/mol. The van der Waals surface area contributed by atoms with E-state index in [0.717, 1.165) is 77.0 Å². The number of unbranched alkanes of at least 4 members (excludes halogenated alkanes) is 46. The molecule has 0 N–H and O–H groups in total. The lowest BCUT2D eigenvalue weighted by atomic mass is 10.0. The number of ether oxygens (including phenoxy) is 3. The van der Waals surface area contributed by atoms with Gasteiger partial charge in [-0.05, 0) is 109 Å². The number of hydrogen-bond acceptors (Lipinski definition) is 6. The van der Waals surface area contributed by atoms with E-state index in [9.17, 15) is 14.4 Å². The molecule has 478 valence electrons. The van der Waals surface area contributed by atoms with Crippen molar-refractivity contribution >= 4 is 17.9 Å². The Morgan fingerprint density at radius 2 is 0.439 bits per heavy atom. The molecule has 0 aliphatic heterocycles. The minimum Gasteiger partial charge on any atom is -0.462 e. The van der Waals surface area contributed by atoms with Crippen molar-refractivity contribution in [3.63, 3.8) is 0 Å². The summed E-state index contributed by atoms with van der Waals surface area (Å²) in [5.74, 6) is -0.863. The Bertz CT molecular complexity index is 1460. The molecule has 0 fully saturated rings. The quantitative estimate of drug-likeness (QED) is 0.0261. The van der Waals surface area contributed by atoms with E-state index in [1.54, 1.807) is 0 Å². The first-order valence-corrected chi connectivity index (χ1v) is 36.3. The van der Waals surface area contributed by atoms with E-state index in [1.165, 1.54) is 270 Å². The van der Waals surface area contributed by atoms with E-state index in [4.69, 9.17) is 14.2 Å². The van der Waals surface area contributed by atoms with Gasteiger partial charge in [-0.1, -0.05) is 319 Å². The van der Waals surface area contributed by atoms with Gasteiger partial charge in [-0.15, -0.1) is 0 Å². The van der Waals surface area contributed by atoms with Gasteiger partial charge in [0.2, 0.25) is 0 Å². The van der Waals surface area contributed by atoms with Crippen molar-refractivity contribution in [3.8, 4) is 0 Å². The van der Waals surface area contributed by atoms with Gasteiger partial charge in [-0.2, -0.15) is 0 Å². The second-order valence-electron chi connectivity index (χ2n) is 24.5. The fourth-order valence-corrected chi connectivity index (χ4v) is 10.7. The topological polar surface area (TPSA) is 78.9 Å². The first-order valence-electron chi connectivity index (χ1n) is 36.3. The standard InChI is InChI=1S/C76H138O6/c1-4-7-10-13-16-19-22-25-28-31-33-34-35-36-37-38-39-40-41-42-43-46-48-51-54-57-60-63-66-69-75(78)81-72-73(71-80-74(77)68-65-62-59-56-53-50-47-44-30-27-24-21-18-15-12-9-6-3)82-76(79)70-67-64-61-58-55-52-49-45-32-29-26-23-20-17-14-11-8-5-2/h18,21-22,25,27,29-33,73H,4-17,19-20,23-24,26,28,34-72H2,1-3H3/b21-18-,25-22-,30-27-,32-29-,33-31-. The van der Waals surface area contributed by atoms with Crippen molar-refractivity contribution in [2.75, 3.05) is 13.2 Å². The molecule has 0 spiro atoms. The van der Waals surface area contributed by atoms with Crippen molar-refractivity contribution < 1.29 is 28.6 Å². The SMILES string of the molecule is CCCCC/C=C\C/C=C\CCCCCCCCCC(=O)OCC(COC(=O)CCCCCCCCCCCCCCCCCCC/C=C\C/C=C\CCCCCCC)OC(=O)CCCCCCCCC/C=C\CCCCCCCCC. The first kappa shape index (κ1) is 79.1. The molecule has 0 amide bonds. The molecule has 6 nitrogen and oxygen atoms in total. The van der Waals surface area contributed by atoms with Gasteiger partial charge in [0.05, 0.1) is 0 Å². The molecule has 82 heavy (non-hydrogen) atoms. The van der Waals surface area contributed by atoms with Crippen LogP contribution in [0.2, 0.25) is 0 Å². The van der Waals surface area contributed by atoms with Gasteiger partial charge in [0.25, 0.3) is 0 Å². The number of carbonyl (C=O) groups is 3. The highest BCUT2D eigenvalue weighted by Crippen LogP contribution is 2.18. The van der Waals surface area contributed by atoms with Gasteiger partial charge in [-0.25, -0.2) is 0 Å². The van der Waals surface area contributed by atoms with E-state index in [2.05, 4.69) is 81.5 Å². The van der Waals surface area contributed by atoms with Crippen molar-refractivity contribution in [3.05, 3.63) is 60.8 Å². The summed E-state index contributed by atoms with van der Waals surface area (Å²) in [5.41, 5.74) is 0. The van der Waals surface area contributed by atoms with E-state index < -0.39 is 6.10 Å². The molecule has 0 aromatic rings. The average Bonchev–Trinajstić information content (AvgIpc) is 3.47. The van der Waals surface area contributed by atoms with Crippen LogP contribution in [0.1, 0.15) is 387 Å². The molecule has 1 atom stereocenters. The van der Waals surface area contributed by atoms with Crippen LogP contribution in [0.25, 0.3) is 0 Å². The summed E-state index contributed by atoms with van der Waals surface area (Å²) >= 11 is 0. The molecule has 0 aromatic carbocycles. The maximum Gasteiger partial charge on any atom is 0.306 e. The van der Waals surface area contributed by atoms with Gasteiger partial charge in [0.1, 0.15) is 13.2 Å². The molecule has 0 bridgehead atoms. The lowest BCUT2D eigenvalue weighted by Crippen LogP contribution is -2.30. The molecule has 0 aliphatic carbocycles. The number of hydrogen-bond donors (Lipinski definition) is 0. The summed E-state index contributed by atoms with van der Waals surface area (Å²) in [6.07, 6.45) is 91.1. The zero-order valence-corrected chi connectivity index (χ0v) is 55.0. The van der Waals surface area contributed by atoms with E-state index in [-0.39, 0.29) is 31.1 Å². The third-order valence-electron chi connectivity index (χ3n) is 16.2. The van der Waals surface area contributed by atoms with Crippen LogP contribution in [0, 0.1) is 0 Å².